The Morgan fingerprint density at radius 2 is 2.28 bits per heavy atom. The highest BCUT2D eigenvalue weighted by atomic mass is 32.1. The Kier molecular flexibility index (Phi) is 5.05. The number of alkyl halides is 3. The van der Waals surface area contributed by atoms with Crippen LogP contribution < -0.4 is 11.3 Å². The third-order valence-electron chi connectivity index (χ3n) is 2.11. The molecule has 1 amide bonds. The molecule has 0 saturated carbocycles. The molecule has 0 aromatic carbocycles. The van der Waals surface area contributed by atoms with E-state index in [2.05, 4.69) is 4.98 Å². The van der Waals surface area contributed by atoms with Crippen molar-refractivity contribution in [1.29, 1.82) is 0 Å². The molecule has 0 unspecified atom stereocenters. The maximum absolute atomic E-state index is 12.2. The Hall–Kier alpha value is -1.19. The number of carbonyl (C=O) groups is 1. The van der Waals surface area contributed by atoms with E-state index in [-0.39, 0.29) is 18.1 Å². The third-order valence-corrected chi connectivity index (χ3v) is 3.00. The minimum absolute atomic E-state index is 0.0460. The maximum Gasteiger partial charge on any atom is 0.401 e. The van der Waals surface area contributed by atoms with Crippen LogP contribution in [0.1, 0.15) is 22.4 Å². The Morgan fingerprint density at radius 1 is 1.61 bits per heavy atom. The molecular weight excluding hydrogens is 269 g/mol. The topological polar surface area (TPSA) is 71.2 Å². The number of nitrogens with two attached hydrogens (primary N) is 1. The second kappa shape index (κ2) is 6.12. The molecule has 5 nitrogen and oxygen atoms in total. The molecule has 0 radical (unpaired) electrons. The number of thiazole rings is 1. The summed E-state index contributed by atoms with van der Waals surface area (Å²) in [6.45, 7) is 0.922. The van der Waals surface area contributed by atoms with E-state index in [1.165, 1.54) is 4.90 Å². The average molecular weight is 282 g/mol. The quantitative estimate of drug-likeness (QED) is 0.482. The molecule has 102 valence electrons. The molecule has 0 aliphatic carbocycles. The van der Waals surface area contributed by atoms with Crippen molar-refractivity contribution < 1.29 is 18.0 Å². The number of aromatic nitrogens is 1. The van der Waals surface area contributed by atoms with Crippen molar-refractivity contribution in [1.82, 2.24) is 15.3 Å². The number of nitrogens with zero attached hydrogens (tertiary/aromatic N) is 2. The van der Waals surface area contributed by atoms with Crippen LogP contribution in [0.2, 0.25) is 0 Å². The lowest BCUT2D eigenvalue weighted by Crippen LogP contribution is -2.34. The van der Waals surface area contributed by atoms with Crippen LogP contribution in [0.3, 0.4) is 0 Å². The number of hydrazine groups is 1. The molecule has 0 bridgehead atoms. The van der Waals surface area contributed by atoms with E-state index in [1.54, 1.807) is 12.3 Å². The van der Waals surface area contributed by atoms with Crippen LogP contribution in [-0.2, 0) is 6.54 Å². The molecule has 0 atom stereocenters. The van der Waals surface area contributed by atoms with Crippen LogP contribution in [-0.4, -0.2) is 35.1 Å². The molecule has 0 saturated heterocycles. The van der Waals surface area contributed by atoms with Crippen molar-refractivity contribution in [3.05, 3.63) is 16.1 Å². The minimum atomic E-state index is -4.25. The number of rotatable bonds is 5. The summed E-state index contributed by atoms with van der Waals surface area (Å²) in [6, 6.07) is 0. The summed E-state index contributed by atoms with van der Waals surface area (Å²) in [6.07, 6.45) is -4.25. The van der Waals surface area contributed by atoms with E-state index >= 15 is 0 Å². The normalized spacial score (nSPS) is 11.9. The maximum atomic E-state index is 12.2. The highest BCUT2D eigenvalue weighted by Crippen LogP contribution is 2.18. The second-order valence-electron chi connectivity index (χ2n) is 3.54. The van der Waals surface area contributed by atoms with Gasteiger partial charge >= 0.3 is 6.18 Å². The minimum Gasteiger partial charge on any atom is -0.289 e. The largest absolute Gasteiger partial charge is 0.401 e. The smallest absolute Gasteiger partial charge is 0.289 e. The Morgan fingerprint density at radius 3 is 2.78 bits per heavy atom. The molecule has 1 rings (SSSR count). The fourth-order valence-electron chi connectivity index (χ4n) is 1.31. The van der Waals surface area contributed by atoms with E-state index in [1.807, 2.05) is 5.43 Å². The molecule has 0 aliphatic rings. The fourth-order valence-corrected chi connectivity index (χ4v) is 2.02. The van der Waals surface area contributed by atoms with E-state index < -0.39 is 18.6 Å². The fraction of sp³-hybridized carbons (Fsp3) is 0.556. The summed E-state index contributed by atoms with van der Waals surface area (Å²) in [5.41, 5.74) is 2.34. The summed E-state index contributed by atoms with van der Waals surface area (Å²) in [4.78, 5) is 16.2. The molecule has 18 heavy (non-hydrogen) atoms. The third kappa shape index (κ3) is 4.59. The van der Waals surface area contributed by atoms with Gasteiger partial charge in [0.2, 0.25) is 0 Å². The summed E-state index contributed by atoms with van der Waals surface area (Å²) in [5, 5.41) is 1.68. The molecule has 1 aromatic heterocycles. The van der Waals surface area contributed by atoms with E-state index in [9.17, 15) is 18.0 Å². The lowest BCUT2D eigenvalue weighted by molar-refractivity contribution is -0.146. The number of halogens is 3. The molecule has 3 N–H and O–H groups in total. The Balaban J connectivity index is 2.65. The van der Waals surface area contributed by atoms with Gasteiger partial charge in [-0.3, -0.25) is 15.1 Å². The zero-order valence-electron chi connectivity index (χ0n) is 9.62. The molecule has 1 aromatic rings. The molecule has 9 heteroatoms. The van der Waals surface area contributed by atoms with Crippen molar-refractivity contribution in [2.75, 3.05) is 13.1 Å². The van der Waals surface area contributed by atoms with Crippen molar-refractivity contribution in [2.24, 2.45) is 5.84 Å². The number of amides is 1. The van der Waals surface area contributed by atoms with Gasteiger partial charge in [-0.1, -0.05) is 6.92 Å². The SMILES string of the molecule is CCN(Cc1csc(C(=O)NN)n1)CC(F)(F)F. The number of nitrogen functional groups attached to an aromatic ring is 1. The Bertz CT molecular complexity index is 407. The van der Waals surface area contributed by atoms with Crippen molar-refractivity contribution in [3.8, 4) is 0 Å². The lowest BCUT2D eigenvalue weighted by atomic mass is 10.4. The summed E-state index contributed by atoms with van der Waals surface area (Å²) >= 11 is 1.04. The van der Waals surface area contributed by atoms with Gasteiger partial charge in [-0.25, -0.2) is 10.8 Å². The summed E-state index contributed by atoms with van der Waals surface area (Å²) < 4.78 is 36.7. The van der Waals surface area contributed by atoms with E-state index in [4.69, 9.17) is 5.84 Å². The van der Waals surface area contributed by atoms with Gasteiger partial charge < -0.3 is 0 Å². The van der Waals surface area contributed by atoms with Crippen LogP contribution in [0, 0.1) is 0 Å². The first-order valence-corrected chi connectivity index (χ1v) is 5.98. The van der Waals surface area contributed by atoms with E-state index in [0.29, 0.717) is 5.69 Å². The number of hydrogen-bond donors (Lipinski definition) is 2. The first-order valence-electron chi connectivity index (χ1n) is 5.10. The van der Waals surface area contributed by atoms with Gasteiger partial charge in [-0.15, -0.1) is 11.3 Å². The first-order chi connectivity index (χ1) is 8.35. The number of hydrogen-bond acceptors (Lipinski definition) is 5. The molecule has 0 spiro atoms. The zero-order valence-corrected chi connectivity index (χ0v) is 10.4. The molecule has 1 heterocycles. The lowest BCUT2D eigenvalue weighted by Gasteiger charge is -2.20. The second-order valence-corrected chi connectivity index (χ2v) is 4.39. The standard InChI is InChI=1S/C9H13F3N4OS/c1-2-16(5-9(10,11)12)3-6-4-18-8(14-6)7(17)15-13/h4H,2-3,5,13H2,1H3,(H,15,17). The summed E-state index contributed by atoms with van der Waals surface area (Å²) in [5.74, 6) is 4.38. The zero-order chi connectivity index (χ0) is 13.8. The Labute approximate surface area is 106 Å². The van der Waals surface area contributed by atoms with Gasteiger partial charge in [0, 0.05) is 11.9 Å². The van der Waals surface area contributed by atoms with Crippen LogP contribution in [0.4, 0.5) is 13.2 Å². The first kappa shape index (κ1) is 14.9. The highest BCUT2D eigenvalue weighted by molar-refractivity contribution is 7.11. The van der Waals surface area contributed by atoms with E-state index in [0.717, 1.165) is 11.3 Å². The summed E-state index contributed by atoms with van der Waals surface area (Å²) in [7, 11) is 0. The van der Waals surface area contributed by atoms with Crippen molar-refractivity contribution in [2.45, 2.75) is 19.6 Å². The van der Waals surface area contributed by atoms with Gasteiger partial charge in [-0.05, 0) is 6.54 Å². The van der Waals surface area contributed by atoms with Crippen molar-refractivity contribution in [3.63, 3.8) is 0 Å². The molecule has 0 fully saturated rings. The van der Waals surface area contributed by atoms with Gasteiger partial charge in [0.05, 0.1) is 12.2 Å². The van der Waals surface area contributed by atoms with Gasteiger partial charge in [0.15, 0.2) is 5.01 Å². The average Bonchev–Trinajstić information content (AvgIpc) is 2.73. The predicted molar refractivity (Wildman–Crippen MR) is 60.8 cm³/mol. The van der Waals surface area contributed by atoms with Crippen LogP contribution in [0.5, 0.6) is 0 Å². The monoisotopic (exact) mass is 282 g/mol. The number of carbonyl (C=O) groups excluding carboxylic acids is 1. The highest BCUT2D eigenvalue weighted by Gasteiger charge is 2.30. The van der Waals surface area contributed by atoms with Gasteiger partial charge in [-0.2, -0.15) is 13.2 Å². The molecular formula is C9H13F3N4OS. The van der Waals surface area contributed by atoms with Gasteiger partial charge in [0.1, 0.15) is 0 Å². The van der Waals surface area contributed by atoms with Crippen LogP contribution >= 0.6 is 11.3 Å². The number of nitrogens with one attached hydrogen (secondary N) is 1. The van der Waals surface area contributed by atoms with Crippen LogP contribution in [0.25, 0.3) is 0 Å². The predicted octanol–water partition coefficient (Wildman–Crippen LogP) is 1.13. The van der Waals surface area contributed by atoms with Crippen LogP contribution in [0.15, 0.2) is 5.38 Å². The molecule has 0 aliphatic heterocycles. The van der Waals surface area contributed by atoms with Gasteiger partial charge in [0.25, 0.3) is 5.91 Å². The van der Waals surface area contributed by atoms with Crippen molar-refractivity contribution >= 4 is 17.2 Å².